The Morgan fingerprint density at radius 1 is 1.04 bits per heavy atom. The molecule has 0 atom stereocenters. The fourth-order valence-corrected chi connectivity index (χ4v) is 3.48. The highest BCUT2D eigenvalue weighted by Crippen LogP contribution is 2.27. The lowest BCUT2D eigenvalue weighted by Crippen LogP contribution is -2.39. The monoisotopic (exact) mass is 359 g/mol. The van der Waals surface area contributed by atoms with E-state index in [0.717, 1.165) is 23.2 Å². The summed E-state index contributed by atoms with van der Waals surface area (Å²) in [7, 11) is 0. The number of para-hydroxylation sites is 2. The number of aromatic nitrogens is 2. The van der Waals surface area contributed by atoms with Crippen molar-refractivity contribution in [1.82, 2.24) is 14.5 Å². The number of piperidine rings is 1. The van der Waals surface area contributed by atoms with Crippen molar-refractivity contribution in [2.24, 2.45) is 0 Å². The lowest BCUT2D eigenvalue weighted by atomic mass is 10.0. The molecule has 0 aliphatic carbocycles. The molecule has 1 aliphatic heterocycles. The number of amides is 1. The quantitative estimate of drug-likeness (QED) is 0.650. The number of imidazole rings is 1. The Kier molecular flexibility index (Phi) is 4.14. The number of nitrogens with zero attached hydrogens (tertiary/aromatic N) is 3. The van der Waals surface area contributed by atoms with Crippen LogP contribution >= 0.6 is 0 Å². The summed E-state index contributed by atoms with van der Waals surface area (Å²) >= 11 is 0. The van der Waals surface area contributed by atoms with Crippen molar-refractivity contribution < 1.29 is 18.0 Å². The second-order valence-electron chi connectivity index (χ2n) is 6.42. The first-order chi connectivity index (χ1) is 12.5. The van der Waals surface area contributed by atoms with Gasteiger partial charge in [0.15, 0.2) is 17.5 Å². The predicted octanol–water partition coefficient (Wildman–Crippen LogP) is 3.93. The minimum atomic E-state index is -1.56. The van der Waals surface area contributed by atoms with Gasteiger partial charge in [0.1, 0.15) is 0 Å². The highest BCUT2D eigenvalue weighted by atomic mass is 19.2. The zero-order chi connectivity index (χ0) is 18.3. The Morgan fingerprint density at radius 3 is 2.38 bits per heavy atom. The molecule has 134 valence electrons. The van der Waals surface area contributed by atoms with Gasteiger partial charge in [-0.15, -0.1) is 0 Å². The van der Waals surface area contributed by atoms with Crippen molar-refractivity contribution >= 4 is 16.9 Å². The molecule has 1 fully saturated rings. The maximum atomic E-state index is 13.4. The van der Waals surface area contributed by atoms with E-state index in [1.807, 2.05) is 24.3 Å². The summed E-state index contributed by atoms with van der Waals surface area (Å²) in [5.41, 5.74) is 1.79. The molecule has 0 unspecified atom stereocenters. The van der Waals surface area contributed by atoms with Gasteiger partial charge < -0.3 is 9.47 Å². The maximum Gasteiger partial charge on any atom is 0.254 e. The predicted molar refractivity (Wildman–Crippen MR) is 90.2 cm³/mol. The summed E-state index contributed by atoms with van der Waals surface area (Å²) in [5, 5.41) is 0. The SMILES string of the molecule is O=C(c1cc(F)c(F)c(F)c1)N1CCC(n2cnc3ccccc32)CC1. The molecule has 26 heavy (non-hydrogen) atoms. The van der Waals surface area contributed by atoms with Crippen molar-refractivity contribution in [2.75, 3.05) is 13.1 Å². The lowest BCUT2D eigenvalue weighted by molar-refractivity contribution is 0.0694. The molecule has 0 spiro atoms. The first-order valence-electron chi connectivity index (χ1n) is 8.40. The number of rotatable bonds is 2. The molecule has 1 amide bonds. The van der Waals surface area contributed by atoms with Crippen molar-refractivity contribution in [3.05, 3.63) is 65.7 Å². The molecule has 0 N–H and O–H groups in total. The topological polar surface area (TPSA) is 38.1 Å². The number of carbonyl (C=O) groups excluding carboxylic acids is 1. The summed E-state index contributed by atoms with van der Waals surface area (Å²) in [5.74, 6) is -4.76. The number of fused-ring (bicyclic) bond motifs is 1. The Hall–Kier alpha value is -2.83. The zero-order valence-electron chi connectivity index (χ0n) is 13.8. The second kappa shape index (κ2) is 6.48. The number of hydrogen-bond donors (Lipinski definition) is 0. The summed E-state index contributed by atoms with van der Waals surface area (Å²) in [6.45, 7) is 0.910. The zero-order valence-corrected chi connectivity index (χ0v) is 13.8. The van der Waals surface area contributed by atoms with Crippen molar-refractivity contribution in [3.63, 3.8) is 0 Å². The van der Waals surface area contributed by atoms with Crippen molar-refractivity contribution in [2.45, 2.75) is 18.9 Å². The number of benzene rings is 2. The van der Waals surface area contributed by atoms with Gasteiger partial charge >= 0.3 is 0 Å². The Morgan fingerprint density at radius 2 is 1.69 bits per heavy atom. The van der Waals surface area contributed by atoms with Crippen LogP contribution in [0.3, 0.4) is 0 Å². The molecule has 2 heterocycles. The third kappa shape index (κ3) is 2.83. The summed E-state index contributed by atoms with van der Waals surface area (Å²) in [6.07, 6.45) is 3.22. The molecule has 4 rings (SSSR count). The summed E-state index contributed by atoms with van der Waals surface area (Å²) in [6, 6.07) is 9.53. The van der Waals surface area contributed by atoms with Gasteiger partial charge in [0.25, 0.3) is 5.91 Å². The molecule has 1 aliphatic rings. The van der Waals surface area contributed by atoms with Gasteiger partial charge in [0.2, 0.25) is 0 Å². The van der Waals surface area contributed by atoms with Gasteiger partial charge in [0, 0.05) is 24.7 Å². The number of carbonyl (C=O) groups is 1. The van der Waals surface area contributed by atoms with E-state index in [1.165, 1.54) is 0 Å². The molecular formula is C19H16F3N3O. The molecular weight excluding hydrogens is 343 g/mol. The van der Waals surface area contributed by atoms with Gasteiger partial charge in [0.05, 0.1) is 17.4 Å². The Bertz CT molecular complexity index is 954. The fourth-order valence-electron chi connectivity index (χ4n) is 3.48. The number of halogens is 3. The van der Waals surface area contributed by atoms with E-state index in [2.05, 4.69) is 9.55 Å². The lowest BCUT2D eigenvalue weighted by Gasteiger charge is -2.33. The van der Waals surface area contributed by atoms with Gasteiger partial charge in [-0.2, -0.15) is 0 Å². The van der Waals surface area contributed by atoms with Gasteiger partial charge in [-0.1, -0.05) is 12.1 Å². The summed E-state index contributed by atoms with van der Waals surface area (Å²) in [4.78, 5) is 18.4. The van der Waals surface area contributed by atoms with Crippen molar-refractivity contribution in [1.29, 1.82) is 0 Å². The molecule has 0 radical (unpaired) electrons. The highest BCUT2D eigenvalue weighted by molar-refractivity contribution is 5.94. The van der Waals surface area contributed by atoms with E-state index in [-0.39, 0.29) is 11.6 Å². The fraction of sp³-hybridized carbons (Fsp3) is 0.263. The van der Waals surface area contributed by atoms with Crippen LogP contribution in [0.15, 0.2) is 42.7 Å². The molecule has 1 aromatic heterocycles. The van der Waals surface area contributed by atoms with Gasteiger partial charge in [-0.3, -0.25) is 4.79 Å². The first kappa shape index (κ1) is 16.6. The smallest absolute Gasteiger partial charge is 0.254 e. The van der Waals surface area contributed by atoms with Crippen LogP contribution in [-0.4, -0.2) is 33.4 Å². The molecule has 0 bridgehead atoms. The van der Waals surface area contributed by atoms with Crippen molar-refractivity contribution in [3.8, 4) is 0 Å². The average Bonchev–Trinajstić information content (AvgIpc) is 3.09. The second-order valence-corrected chi connectivity index (χ2v) is 6.42. The molecule has 0 saturated carbocycles. The standard InChI is InChI=1S/C19H16F3N3O/c20-14-9-12(10-15(21)18(14)22)19(26)24-7-5-13(6-8-24)25-11-23-16-3-1-2-4-17(16)25/h1-4,9-11,13H,5-8H2. The van der Waals surface area contributed by atoms with E-state index in [1.54, 1.807) is 11.2 Å². The third-order valence-corrected chi connectivity index (χ3v) is 4.86. The average molecular weight is 359 g/mol. The first-order valence-corrected chi connectivity index (χ1v) is 8.40. The minimum Gasteiger partial charge on any atom is -0.338 e. The minimum absolute atomic E-state index is 0.173. The Labute approximate surface area is 147 Å². The normalized spacial score (nSPS) is 15.6. The maximum absolute atomic E-state index is 13.4. The van der Waals surface area contributed by atoms with Crippen LogP contribution in [0.4, 0.5) is 13.2 Å². The third-order valence-electron chi connectivity index (χ3n) is 4.86. The molecule has 7 heteroatoms. The molecule has 2 aromatic carbocycles. The van der Waals surface area contributed by atoms with Crippen LogP contribution in [0.1, 0.15) is 29.2 Å². The van der Waals surface area contributed by atoms with E-state index in [0.29, 0.717) is 25.9 Å². The van der Waals surface area contributed by atoms with Crippen LogP contribution < -0.4 is 0 Å². The van der Waals surface area contributed by atoms with Crippen LogP contribution in [0.2, 0.25) is 0 Å². The van der Waals surface area contributed by atoms with E-state index < -0.39 is 23.4 Å². The van der Waals surface area contributed by atoms with Crippen LogP contribution in [0, 0.1) is 17.5 Å². The van der Waals surface area contributed by atoms with Crippen LogP contribution in [-0.2, 0) is 0 Å². The van der Waals surface area contributed by atoms with E-state index in [9.17, 15) is 18.0 Å². The Balaban J connectivity index is 1.49. The molecule has 3 aromatic rings. The molecule has 1 saturated heterocycles. The molecule has 4 nitrogen and oxygen atoms in total. The number of hydrogen-bond acceptors (Lipinski definition) is 2. The van der Waals surface area contributed by atoms with E-state index in [4.69, 9.17) is 0 Å². The van der Waals surface area contributed by atoms with Gasteiger partial charge in [-0.25, -0.2) is 18.2 Å². The number of likely N-dealkylation sites (tertiary alicyclic amines) is 1. The van der Waals surface area contributed by atoms with E-state index >= 15 is 0 Å². The largest absolute Gasteiger partial charge is 0.338 e. The summed E-state index contributed by atoms with van der Waals surface area (Å²) < 4.78 is 41.9. The van der Waals surface area contributed by atoms with Crippen LogP contribution in [0.25, 0.3) is 11.0 Å². The van der Waals surface area contributed by atoms with Crippen LogP contribution in [0.5, 0.6) is 0 Å². The highest BCUT2D eigenvalue weighted by Gasteiger charge is 2.26. The van der Waals surface area contributed by atoms with Gasteiger partial charge in [-0.05, 0) is 37.1 Å².